The Hall–Kier alpha value is -2.50. The van der Waals surface area contributed by atoms with Crippen molar-refractivity contribution in [3.63, 3.8) is 0 Å². The second-order valence-corrected chi connectivity index (χ2v) is 5.07. The SMILES string of the molecule is CCOc1cc(/C=C/C(=O)O)cc2c1OC(CC)C(=O)N2CC. The Morgan fingerprint density at radius 1 is 1.39 bits per heavy atom. The van der Waals surface area contributed by atoms with E-state index >= 15 is 0 Å². The van der Waals surface area contributed by atoms with Crippen LogP contribution in [-0.2, 0) is 9.59 Å². The van der Waals surface area contributed by atoms with Gasteiger partial charge in [-0.2, -0.15) is 0 Å². The molecule has 0 aromatic heterocycles. The molecule has 1 N–H and O–H groups in total. The van der Waals surface area contributed by atoms with Crippen molar-refractivity contribution >= 4 is 23.6 Å². The van der Waals surface area contributed by atoms with Crippen LogP contribution in [0.1, 0.15) is 32.8 Å². The van der Waals surface area contributed by atoms with Gasteiger partial charge in [0.25, 0.3) is 5.91 Å². The molecule has 0 spiro atoms. The number of rotatable bonds is 6. The number of hydrogen-bond donors (Lipinski definition) is 1. The lowest BCUT2D eigenvalue weighted by atomic mass is 10.1. The number of carbonyl (C=O) groups is 2. The highest BCUT2D eigenvalue weighted by Gasteiger charge is 2.34. The van der Waals surface area contributed by atoms with Gasteiger partial charge in [0.1, 0.15) is 0 Å². The van der Waals surface area contributed by atoms with Crippen molar-refractivity contribution in [1.82, 2.24) is 0 Å². The van der Waals surface area contributed by atoms with E-state index < -0.39 is 12.1 Å². The van der Waals surface area contributed by atoms with E-state index in [1.807, 2.05) is 20.8 Å². The van der Waals surface area contributed by atoms with Crippen molar-refractivity contribution < 1.29 is 24.2 Å². The average molecular weight is 319 g/mol. The van der Waals surface area contributed by atoms with Gasteiger partial charge in [0.05, 0.1) is 12.3 Å². The van der Waals surface area contributed by atoms with Gasteiger partial charge in [0.2, 0.25) is 0 Å². The minimum Gasteiger partial charge on any atom is -0.490 e. The van der Waals surface area contributed by atoms with Gasteiger partial charge in [-0.05, 0) is 44.0 Å². The molecule has 1 heterocycles. The molecule has 1 aliphatic rings. The first-order valence-corrected chi connectivity index (χ1v) is 7.71. The first kappa shape index (κ1) is 16.9. The Labute approximate surface area is 135 Å². The molecule has 23 heavy (non-hydrogen) atoms. The summed E-state index contributed by atoms with van der Waals surface area (Å²) >= 11 is 0. The average Bonchev–Trinajstić information content (AvgIpc) is 2.52. The summed E-state index contributed by atoms with van der Waals surface area (Å²) in [6.45, 7) is 6.59. The van der Waals surface area contributed by atoms with Gasteiger partial charge in [-0.25, -0.2) is 4.79 Å². The van der Waals surface area contributed by atoms with Crippen LogP contribution in [0.25, 0.3) is 6.08 Å². The van der Waals surface area contributed by atoms with E-state index in [9.17, 15) is 9.59 Å². The summed E-state index contributed by atoms with van der Waals surface area (Å²) in [6.07, 6.45) is 2.56. The fourth-order valence-corrected chi connectivity index (χ4v) is 2.52. The molecule has 6 nitrogen and oxygen atoms in total. The number of carboxylic acids is 1. The molecule has 2 rings (SSSR count). The highest BCUT2D eigenvalue weighted by Crippen LogP contribution is 2.43. The zero-order chi connectivity index (χ0) is 17.0. The van der Waals surface area contributed by atoms with E-state index in [1.54, 1.807) is 17.0 Å². The number of anilines is 1. The Morgan fingerprint density at radius 2 is 2.13 bits per heavy atom. The van der Waals surface area contributed by atoms with Crippen molar-refractivity contribution in [2.24, 2.45) is 0 Å². The number of benzene rings is 1. The van der Waals surface area contributed by atoms with Crippen LogP contribution in [0.3, 0.4) is 0 Å². The quantitative estimate of drug-likeness (QED) is 0.816. The van der Waals surface area contributed by atoms with Crippen LogP contribution in [0.4, 0.5) is 5.69 Å². The number of nitrogens with zero attached hydrogens (tertiary/aromatic N) is 1. The van der Waals surface area contributed by atoms with Gasteiger partial charge >= 0.3 is 5.97 Å². The van der Waals surface area contributed by atoms with Crippen LogP contribution in [0, 0.1) is 0 Å². The summed E-state index contributed by atoms with van der Waals surface area (Å²) in [5.41, 5.74) is 1.25. The van der Waals surface area contributed by atoms with E-state index in [1.165, 1.54) is 6.08 Å². The van der Waals surface area contributed by atoms with E-state index in [0.29, 0.717) is 42.3 Å². The van der Waals surface area contributed by atoms with E-state index in [-0.39, 0.29) is 5.91 Å². The van der Waals surface area contributed by atoms with Crippen LogP contribution < -0.4 is 14.4 Å². The van der Waals surface area contributed by atoms with Crippen LogP contribution in [0.15, 0.2) is 18.2 Å². The molecule has 0 saturated carbocycles. The second-order valence-electron chi connectivity index (χ2n) is 5.07. The lowest BCUT2D eigenvalue weighted by Crippen LogP contribution is -2.45. The van der Waals surface area contributed by atoms with Gasteiger partial charge in [-0.3, -0.25) is 4.79 Å². The maximum absolute atomic E-state index is 12.4. The Morgan fingerprint density at radius 3 is 2.70 bits per heavy atom. The number of likely N-dealkylation sites (N-methyl/N-ethyl adjacent to an activating group) is 1. The van der Waals surface area contributed by atoms with Crippen LogP contribution >= 0.6 is 0 Å². The summed E-state index contributed by atoms with van der Waals surface area (Å²) in [4.78, 5) is 24.8. The van der Waals surface area contributed by atoms with Crippen LogP contribution in [-0.4, -0.2) is 36.2 Å². The molecule has 1 unspecified atom stereocenters. The third kappa shape index (κ3) is 3.47. The number of fused-ring (bicyclic) bond motifs is 1. The lowest BCUT2D eigenvalue weighted by molar-refractivity contribution is -0.131. The molecule has 124 valence electrons. The summed E-state index contributed by atoms with van der Waals surface area (Å²) in [7, 11) is 0. The smallest absolute Gasteiger partial charge is 0.328 e. The maximum Gasteiger partial charge on any atom is 0.328 e. The third-order valence-corrected chi connectivity index (χ3v) is 3.56. The zero-order valence-electron chi connectivity index (χ0n) is 13.5. The van der Waals surface area contributed by atoms with Gasteiger partial charge < -0.3 is 19.5 Å². The molecule has 0 saturated heterocycles. The molecular formula is C17H21NO5. The molecule has 1 aromatic rings. The zero-order valence-corrected chi connectivity index (χ0v) is 13.5. The summed E-state index contributed by atoms with van der Waals surface area (Å²) < 4.78 is 11.5. The first-order valence-electron chi connectivity index (χ1n) is 7.71. The van der Waals surface area contributed by atoms with Crippen molar-refractivity contribution in [1.29, 1.82) is 0 Å². The van der Waals surface area contributed by atoms with Crippen molar-refractivity contribution in [2.75, 3.05) is 18.1 Å². The minimum absolute atomic E-state index is 0.0932. The number of carboxylic acid groups (broad SMARTS) is 1. The number of aliphatic carboxylic acids is 1. The number of amides is 1. The Kier molecular flexibility index (Phi) is 5.26. The molecule has 0 aliphatic carbocycles. The Balaban J connectivity index is 2.56. The van der Waals surface area contributed by atoms with Crippen LogP contribution in [0.2, 0.25) is 0 Å². The molecule has 1 aromatic carbocycles. The third-order valence-electron chi connectivity index (χ3n) is 3.56. The second kappa shape index (κ2) is 7.17. The predicted molar refractivity (Wildman–Crippen MR) is 87.0 cm³/mol. The minimum atomic E-state index is -1.04. The van der Waals surface area contributed by atoms with Crippen LogP contribution in [0.5, 0.6) is 11.5 Å². The normalized spacial score (nSPS) is 17.1. The first-order chi connectivity index (χ1) is 11.0. The Bertz CT molecular complexity index is 638. The number of carbonyl (C=O) groups excluding carboxylic acids is 1. The maximum atomic E-state index is 12.4. The largest absolute Gasteiger partial charge is 0.490 e. The molecular weight excluding hydrogens is 298 g/mol. The number of ether oxygens (including phenoxy) is 2. The van der Waals surface area contributed by atoms with Gasteiger partial charge in [0.15, 0.2) is 17.6 Å². The summed E-state index contributed by atoms with van der Waals surface area (Å²) in [6, 6.07) is 3.46. The van der Waals surface area contributed by atoms with Gasteiger partial charge in [-0.15, -0.1) is 0 Å². The van der Waals surface area contributed by atoms with E-state index in [2.05, 4.69) is 0 Å². The highest BCUT2D eigenvalue weighted by atomic mass is 16.5. The molecule has 0 fully saturated rings. The topological polar surface area (TPSA) is 76.1 Å². The molecule has 6 heteroatoms. The van der Waals surface area contributed by atoms with Crippen molar-refractivity contribution in [3.05, 3.63) is 23.8 Å². The standard InChI is InChI=1S/C17H21NO5/c1-4-13-17(21)18(5-2)12-9-11(7-8-15(19)20)10-14(22-6-3)16(12)23-13/h7-10,13H,4-6H2,1-3H3,(H,19,20)/b8-7+. The number of hydrogen-bond acceptors (Lipinski definition) is 4. The van der Waals surface area contributed by atoms with Crippen molar-refractivity contribution in [2.45, 2.75) is 33.3 Å². The molecule has 1 aliphatic heterocycles. The molecule has 1 amide bonds. The lowest BCUT2D eigenvalue weighted by Gasteiger charge is -2.34. The van der Waals surface area contributed by atoms with Gasteiger partial charge in [0, 0.05) is 12.6 Å². The highest BCUT2D eigenvalue weighted by molar-refractivity contribution is 6.01. The molecule has 0 radical (unpaired) electrons. The predicted octanol–water partition coefficient (Wildman–Crippen LogP) is 2.71. The fraction of sp³-hybridized carbons (Fsp3) is 0.412. The van der Waals surface area contributed by atoms with Crippen molar-refractivity contribution in [3.8, 4) is 11.5 Å². The summed E-state index contributed by atoms with van der Waals surface area (Å²) in [5.74, 6) is -0.0808. The van der Waals surface area contributed by atoms with E-state index in [0.717, 1.165) is 6.08 Å². The monoisotopic (exact) mass is 319 g/mol. The van der Waals surface area contributed by atoms with E-state index in [4.69, 9.17) is 14.6 Å². The van der Waals surface area contributed by atoms with Gasteiger partial charge in [-0.1, -0.05) is 6.92 Å². The molecule has 1 atom stereocenters. The fourth-order valence-electron chi connectivity index (χ4n) is 2.52. The molecule has 0 bridgehead atoms. The summed E-state index contributed by atoms with van der Waals surface area (Å²) in [5, 5.41) is 8.79.